The Labute approximate surface area is 136 Å². The summed E-state index contributed by atoms with van der Waals surface area (Å²) in [7, 11) is 1.60. The quantitative estimate of drug-likeness (QED) is 0.748. The van der Waals surface area contributed by atoms with Gasteiger partial charge in [-0.1, -0.05) is 28.8 Å². The fraction of sp³-hybridized carbons (Fsp3) is 0.533. The molecule has 0 spiro atoms. The summed E-state index contributed by atoms with van der Waals surface area (Å²) in [6, 6.07) is 5.43. The highest BCUT2D eigenvalue weighted by Gasteiger charge is 2.33. The lowest BCUT2D eigenvalue weighted by molar-refractivity contribution is 0.0934. The Morgan fingerprint density at radius 3 is 2.70 bits per heavy atom. The van der Waals surface area contributed by atoms with Gasteiger partial charge in [0.25, 0.3) is 5.91 Å². The zero-order chi connectivity index (χ0) is 14.6. The Balaban J connectivity index is 2.04. The number of halogens is 2. The summed E-state index contributed by atoms with van der Waals surface area (Å²) in [4.78, 5) is 12.3. The average molecular weight is 405 g/mol. The van der Waals surface area contributed by atoms with Crippen molar-refractivity contribution in [3.05, 3.63) is 28.2 Å². The molecule has 1 aromatic rings. The monoisotopic (exact) mass is 403 g/mol. The number of carbonyl (C=O) groups is 1. The maximum Gasteiger partial charge on any atom is 0.252 e. The molecule has 0 heterocycles. The molecule has 1 N–H and O–H groups in total. The van der Waals surface area contributed by atoms with Gasteiger partial charge in [0.2, 0.25) is 0 Å². The fourth-order valence-electron chi connectivity index (χ4n) is 2.65. The first-order valence-electron chi connectivity index (χ1n) is 6.78. The first kappa shape index (κ1) is 15.8. The molecular formula is C15H19Br2NO2. The molecule has 0 aliphatic heterocycles. The largest absolute Gasteiger partial charge is 0.497 e. The molecule has 1 aliphatic carbocycles. The van der Waals surface area contributed by atoms with Gasteiger partial charge in [-0.25, -0.2) is 0 Å². The molecule has 0 atom stereocenters. The maximum absolute atomic E-state index is 12.3. The van der Waals surface area contributed by atoms with Crippen molar-refractivity contribution in [1.29, 1.82) is 0 Å². The van der Waals surface area contributed by atoms with Gasteiger partial charge in [-0.3, -0.25) is 4.79 Å². The number of ether oxygens (including phenoxy) is 1. The van der Waals surface area contributed by atoms with Crippen LogP contribution in [0.4, 0.5) is 0 Å². The molecule has 2 rings (SSSR count). The molecule has 0 bridgehead atoms. The Morgan fingerprint density at radius 2 is 2.10 bits per heavy atom. The van der Waals surface area contributed by atoms with E-state index in [9.17, 15) is 4.79 Å². The van der Waals surface area contributed by atoms with E-state index in [-0.39, 0.29) is 11.3 Å². The van der Waals surface area contributed by atoms with E-state index in [0.717, 1.165) is 16.3 Å². The van der Waals surface area contributed by atoms with E-state index in [0.29, 0.717) is 11.3 Å². The van der Waals surface area contributed by atoms with Crippen molar-refractivity contribution in [2.45, 2.75) is 25.7 Å². The third kappa shape index (κ3) is 3.55. The van der Waals surface area contributed by atoms with Crippen LogP contribution in [0.1, 0.15) is 36.0 Å². The summed E-state index contributed by atoms with van der Waals surface area (Å²) < 4.78 is 5.96. The van der Waals surface area contributed by atoms with E-state index in [1.165, 1.54) is 25.7 Å². The molecule has 0 unspecified atom stereocenters. The molecule has 1 aliphatic rings. The number of hydrogen-bond acceptors (Lipinski definition) is 2. The molecule has 5 heteroatoms. The molecule has 1 fully saturated rings. The third-order valence-electron chi connectivity index (χ3n) is 3.99. The smallest absolute Gasteiger partial charge is 0.252 e. The lowest BCUT2D eigenvalue weighted by Crippen LogP contribution is -2.37. The van der Waals surface area contributed by atoms with E-state index in [1.54, 1.807) is 13.2 Å². The standard InChI is InChI=1S/C15H19Br2NO2/c1-20-11-4-5-13(17)12(8-11)14(19)18-10-15(9-16)6-2-3-7-15/h4-5,8H,2-3,6-7,9-10H2,1H3,(H,18,19). The van der Waals surface area contributed by atoms with E-state index in [4.69, 9.17) is 4.74 Å². The number of nitrogens with one attached hydrogen (secondary N) is 1. The molecule has 3 nitrogen and oxygen atoms in total. The summed E-state index contributed by atoms with van der Waals surface area (Å²) in [6.07, 6.45) is 4.87. The summed E-state index contributed by atoms with van der Waals surface area (Å²) in [5.41, 5.74) is 0.841. The summed E-state index contributed by atoms with van der Waals surface area (Å²) in [5, 5.41) is 4.01. The first-order valence-corrected chi connectivity index (χ1v) is 8.69. The fourth-order valence-corrected chi connectivity index (χ4v) is 3.84. The number of amides is 1. The highest BCUT2D eigenvalue weighted by Crippen LogP contribution is 2.39. The molecule has 0 radical (unpaired) electrons. The summed E-state index contributed by atoms with van der Waals surface area (Å²) in [6.45, 7) is 0.723. The van der Waals surface area contributed by atoms with E-state index in [1.807, 2.05) is 12.1 Å². The number of carbonyl (C=O) groups excluding carboxylic acids is 1. The molecule has 110 valence electrons. The lowest BCUT2D eigenvalue weighted by Gasteiger charge is -2.26. The second-order valence-electron chi connectivity index (χ2n) is 5.37. The lowest BCUT2D eigenvalue weighted by atomic mass is 9.89. The van der Waals surface area contributed by atoms with Crippen molar-refractivity contribution < 1.29 is 9.53 Å². The number of alkyl halides is 1. The van der Waals surface area contributed by atoms with Crippen molar-refractivity contribution in [3.8, 4) is 5.75 Å². The van der Waals surface area contributed by atoms with Gasteiger partial charge < -0.3 is 10.1 Å². The Bertz CT molecular complexity index is 485. The Morgan fingerprint density at radius 1 is 1.40 bits per heavy atom. The normalized spacial score (nSPS) is 16.9. The maximum atomic E-state index is 12.3. The zero-order valence-electron chi connectivity index (χ0n) is 11.5. The van der Waals surface area contributed by atoms with Crippen LogP contribution in [0.15, 0.2) is 22.7 Å². The molecule has 0 aromatic heterocycles. The molecule has 1 saturated carbocycles. The van der Waals surface area contributed by atoms with Crippen LogP contribution in [-0.4, -0.2) is 24.9 Å². The first-order chi connectivity index (χ1) is 9.60. The minimum Gasteiger partial charge on any atom is -0.497 e. The van der Waals surface area contributed by atoms with Gasteiger partial charge in [-0.15, -0.1) is 0 Å². The van der Waals surface area contributed by atoms with Gasteiger partial charge in [0.15, 0.2) is 0 Å². The predicted octanol–water partition coefficient (Wildman–Crippen LogP) is 4.14. The second kappa shape index (κ2) is 6.94. The minimum absolute atomic E-state index is 0.0528. The van der Waals surface area contributed by atoms with Crippen LogP contribution in [0.25, 0.3) is 0 Å². The third-order valence-corrected chi connectivity index (χ3v) is 5.87. The van der Waals surface area contributed by atoms with Crippen molar-refractivity contribution in [2.24, 2.45) is 5.41 Å². The van der Waals surface area contributed by atoms with E-state index in [2.05, 4.69) is 37.2 Å². The summed E-state index contributed by atoms with van der Waals surface area (Å²) >= 11 is 7.02. The van der Waals surface area contributed by atoms with Gasteiger partial charge in [0, 0.05) is 16.3 Å². The van der Waals surface area contributed by atoms with Crippen LogP contribution in [0.5, 0.6) is 5.75 Å². The molecular weight excluding hydrogens is 386 g/mol. The van der Waals surface area contributed by atoms with Crippen LogP contribution in [0.3, 0.4) is 0 Å². The number of hydrogen-bond donors (Lipinski definition) is 1. The molecule has 20 heavy (non-hydrogen) atoms. The van der Waals surface area contributed by atoms with Crippen LogP contribution < -0.4 is 10.1 Å². The molecule has 1 aromatic carbocycles. The van der Waals surface area contributed by atoms with Crippen molar-refractivity contribution in [1.82, 2.24) is 5.32 Å². The highest BCUT2D eigenvalue weighted by atomic mass is 79.9. The van der Waals surface area contributed by atoms with Crippen molar-refractivity contribution in [2.75, 3.05) is 19.0 Å². The average Bonchev–Trinajstić information content (AvgIpc) is 2.95. The predicted molar refractivity (Wildman–Crippen MR) is 87.7 cm³/mol. The highest BCUT2D eigenvalue weighted by molar-refractivity contribution is 9.10. The SMILES string of the molecule is COc1ccc(Br)c(C(=O)NCC2(CBr)CCCC2)c1. The second-order valence-corrected chi connectivity index (χ2v) is 6.78. The van der Waals surface area contributed by atoms with Crippen LogP contribution in [0.2, 0.25) is 0 Å². The van der Waals surface area contributed by atoms with Crippen LogP contribution >= 0.6 is 31.9 Å². The van der Waals surface area contributed by atoms with Gasteiger partial charge in [-0.2, -0.15) is 0 Å². The topological polar surface area (TPSA) is 38.3 Å². The zero-order valence-corrected chi connectivity index (χ0v) is 14.7. The van der Waals surface area contributed by atoms with Crippen molar-refractivity contribution >= 4 is 37.8 Å². The minimum atomic E-state index is -0.0528. The van der Waals surface area contributed by atoms with Gasteiger partial charge in [0.1, 0.15) is 5.75 Å². The van der Waals surface area contributed by atoms with Crippen LogP contribution in [0, 0.1) is 5.41 Å². The van der Waals surface area contributed by atoms with Gasteiger partial charge >= 0.3 is 0 Å². The van der Waals surface area contributed by atoms with E-state index < -0.39 is 0 Å². The summed E-state index contributed by atoms with van der Waals surface area (Å²) in [5.74, 6) is 0.637. The molecule has 1 amide bonds. The number of benzene rings is 1. The Kier molecular flexibility index (Phi) is 5.49. The van der Waals surface area contributed by atoms with E-state index >= 15 is 0 Å². The van der Waals surface area contributed by atoms with Gasteiger partial charge in [0.05, 0.1) is 12.7 Å². The Hall–Kier alpha value is -0.550. The van der Waals surface area contributed by atoms with Gasteiger partial charge in [-0.05, 0) is 52.4 Å². The van der Waals surface area contributed by atoms with Crippen molar-refractivity contribution in [3.63, 3.8) is 0 Å². The number of rotatable bonds is 5. The molecule has 0 saturated heterocycles. The number of methoxy groups -OCH3 is 1. The van der Waals surface area contributed by atoms with Crippen LogP contribution in [-0.2, 0) is 0 Å².